The number of anilines is 1. The molecule has 21 heavy (non-hydrogen) atoms. The van der Waals surface area contributed by atoms with E-state index in [4.69, 9.17) is 4.74 Å². The standard InChI is InChI=1S/C13H16N2O4S2/c1-3-19-13(16)7-10-8-20-12-6-9(15-21(2,17)18)4-5-11(12)14-10/h4-6,15H,3,7-8H2,1-2H3. The zero-order chi connectivity index (χ0) is 15.5. The molecule has 1 aliphatic rings. The predicted molar refractivity (Wildman–Crippen MR) is 84.0 cm³/mol. The number of hydrogen-bond donors (Lipinski definition) is 1. The van der Waals surface area contributed by atoms with Gasteiger partial charge in [-0.2, -0.15) is 0 Å². The fraction of sp³-hybridized carbons (Fsp3) is 0.385. The summed E-state index contributed by atoms with van der Waals surface area (Å²) in [6.07, 6.45) is 1.29. The average molecular weight is 328 g/mol. The number of aliphatic imine (C=N–C) groups is 1. The largest absolute Gasteiger partial charge is 0.466 e. The molecule has 114 valence electrons. The van der Waals surface area contributed by atoms with Crippen LogP contribution in [-0.2, 0) is 19.6 Å². The second-order valence-corrected chi connectivity index (χ2v) is 7.27. The van der Waals surface area contributed by atoms with Gasteiger partial charge in [0.1, 0.15) is 0 Å². The van der Waals surface area contributed by atoms with Crippen molar-refractivity contribution in [2.24, 2.45) is 4.99 Å². The van der Waals surface area contributed by atoms with E-state index in [0.29, 0.717) is 18.0 Å². The zero-order valence-electron chi connectivity index (χ0n) is 11.8. The topological polar surface area (TPSA) is 84.8 Å². The maximum absolute atomic E-state index is 11.4. The monoisotopic (exact) mass is 328 g/mol. The number of sulfonamides is 1. The molecule has 0 saturated heterocycles. The number of benzene rings is 1. The molecular formula is C13H16N2O4S2. The highest BCUT2D eigenvalue weighted by atomic mass is 32.2. The lowest BCUT2D eigenvalue weighted by atomic mass is 10.2. The predicted octanol–water partition coefficient (Wildman–Crippen LogP) is 2.19. The third kappa shape index (κ3) is 4.75. The highest BCUT2D eigenvalue weighted by molar-refractivity contribution is 8.00. The van der Waals surface area contributed by atoms with Gasteiger partial charge in [-0.15, -0.1) is 11.8 Å². The second kappa shape index (κ2) is 6.48. The second-order valence-electron chi connectivity index (χ2n) is 4.51. The van der Waals surface area contributed by atoms with Crippen molar-refractivity contribution in [3.63, 3.8) is 0 Å². The van der Waals surface area contributed by atoms with Crippen molar-refractivity contribution in [1.82, 2.24) is 0 Å². The number of ether oxygens (including phenoxy) is 1. The smallest absolute Gasteiger partial charge is 0.311 e. The highest BCUT2D eigenvalue weighted by Gasteiger charge is 2.16. The van der Waals surface area contributed by atoms with E-state index in [2.05, 4.69) is 9.71 Å². The van der Waals surface area contributed by atoms with Crippen LogP contribution in [0.4, 0.5) is 11.4 Å². The number of hydrogen-bond acceptors (Lipinski definition) is 6. The van der Waals surface area contributed by atoms with Crippen LogP contribution >= 0.6 is 11.8 Å². The summed E-state index contributed by atoms with van der Waals surface area (Å²) in [4.78, 5) is 16.8. The van der Waals surface area contributed by atoms with Gasteiger partial charge in [-0.25, -0.2) is 8.42 Å². The van der Waals surface area contributed by atoms with Gasteiger partial charge in [-0.3, -0.25) is 14.5 Å². The minimum absolute atomic E-state index is 0.184. The Morgan fingerprint density at radius 2 is 2.24 bits per heavy atom. The molecule has 0 spiro atoms. The van der Waals surface area contributed by atoms with Crippen LogP contribution in [0.5, 0.6) is 0 Å². The van der Waals surface area contributed by atoms with Crippen LogP contribution in [0.15, 0.2) is 28.1 Å². The van der Waals surface area contributed by atoms with Gasteiger partial charge < -0.3 is 4.74 Å². The van der Waals surface area contributed by atoms with Gasteiger partial charge in [-0.05, 0) is 25.1 Å². The van der Waals surface area contributed by atoms with Crippen LogP contribution in [0.25, 0.3) is 0 Å². The Bertz CT molecular complexity index is 683. The minimum atomic E-state index is -3.29. The number of nitrogens with zero attached hydrogens (tertiary/aromatic N) is 1. The van der Waals surface area contributed by atoms with Crippen molar-refractivity contribution in [2.45, 2.75) is 18.2 Å². The van der Waals surface area contributed by atoms with Gasteiger partial charge in [-0.1, -0.05) is 0 Å². The van der Waals surface area contributed by atoms with Gasteiger partial charge in [0.05, 0.1) is 25.0 Å². The van der Waals surface area contributed by atoms with Gasteiger partial charge in [0, 0.05) is 22.0 Å². The zero-order valence-corrected chi connectivity index (χ0v) is 13.4. The summed E-state index contributed by atoms with van der Waals surface area (Å²) in [6, 6.07) is 5.13. The fourth-order valence-electron chi connectivity index (χ4n) is 1.83. The maximum Gasteiger partial charge on any atom is 0.311 e. The molecule has 0 saturated carbocycles. The number of rotatable bonds is 5. The van der Waals surface area contributed by atoms with Crippen molar-refractivity contribution in [2.75, 3.05) is 23.3 Å². The summed E-state index contributed by atoms with van der Waals surface area (Å²) in [6.45, 7) is 2.12. The first-order valence-corrected chi connectivity index (χ1v) is 9.22. The van der Waals surface area contributed by atoms with Crippen LogP contribution < -0.4 is 4.72 Å². The lowest BCUT2D eigenvalue weighted by Crippen LogP contribution is -2.15. The van der Waals surface area contributed by atoms with Gasteiger partial charge >= 0.3 is 5.97 Å². The van der Waals surface area contributed by atoms with E-state index in [1.54, 1.807) is 25.1 Å². The number of thioether (sulfide) groups is 1. The highest BCUT2D eigenvalue weighted by Crippen LogP contribution is 2.36. The molecule has 6 nitrogen and oxygen atoms in total. The first-order valence-electron chi connectivity index (χ1n) is 6.34. The molecule has 0 radical (unpaired) electrons. The van der Waals surface area contributed by atoms with Crippen LogP contribution in [0.2, 0.25) is 0 Å². The Morgan fingerprint density at radius 3 is 2.90 bits per heavy atom. The molecule has 0 amide bonds. The van der Waals surface area contributed by atoms with E-state index in [0.717, 1.165) is 22.6 Å². The summed E-state index contributed by atoms with van der Waals surface area (Å²) < 4.78 is 29.7. The van der Waals surface area contributed by atoms with Crippen LogP contribution in [0, 0.1) is 0 Å². The number of carbonyl (C=O) groups excluding carboxylic acids is 1. The molecule has 1 aromatic rings. The molecule has 1 aromatic carbocycles. The summed E-state index contributed by atoms with van der Waals surface area (Å²) in [5, 5.41) is 0. The molecular weight excluding hydrogens is 312 g/mol. The summed E-state index contributed by atoms with van der Waals surface area (Å²) in [5.74, 6) is 0.310. The van der Waals surface area contributed by atoms with E-state index in [1.165, 1.54) is 11.8 Å². The minimum Gasteiger partial charge on any atom is -0.466 e. The lowest BCUT2D eigenvalue weighted by Gasteiger charge is -2.16. The number of fused-ring (bicyclic) bond motifs is 1. The SMILES string of the molecule is CCOC(=O)CC1=Nc2ccc(NS(C)(=O)=O)cc2SC1. The number of carbonyl (C=O) groups is 1. The molecule has 0 aliphatic carbocycles. The van der Waals surface area contributed by atoms with Gasteiger partial charge in [0.25, 0.3) is 0 Å². The Morgan fingerprint density at radius 1 is 1.48 bits per heavy atom. The quantitative estimate of drug-likeness (QED) is 0.838. The number of nitrogens with one attached hydrogen (secondary N) is 1. The van der Waals surface area contributed by atoms with E-state index >= 15 is 0 Å². The van der Waals surface area contributed by atoms with Gasteiger partial charge in [0.15, 0.2) is 0 Å². The van der Waals surface area contributed by atoms with Crippen LogP contribution in [0.3, 0.4) is 0 Å². The number of esters is 1. The first-order chi connectivity index (χ1) is 9.87. The van der Waals surface area contributed by atoms with Crippen molar-refractivity contribution in [1.29, 1.82) is 0 Å². The van der Waals surface area contributed by atoms with Gasteiger partial charge in [0.2, 0.25) is 10.0 Å². The van der Waals surface area contributed by atoms with Crippen LogP contribution in [-0.4, -0.2) is 38.7 Å². The van der Waals surface area contributed by atoms with Crippen molar-refractivity contribution in [3.05, 3.63) is 18.2 Å². The molecule has 0 aromatic heterocycles. The van der Waals surface area contributed by atoms with Crippen LogP contribution in [0.1, 0.15) is 13.3 Å². The summed E-state index contributed by atoms with van der Waals surface area (Å²) >= 11 is 1.52. The van der Waals surface area contributed by atoms with Crippen molar-refractivity contribution < 1.29 is 17.9 Å². The maximum atomic E-state index is 11.4. The Kier molecular flexibility index (Phi) is 4.89. The molecule has 0 fully saturated rings. The fourth-order valence-corrected chi connectivity index (χ4v) is 3.35. The third-order valence-electron chi connectivity index (χ3n) is 2.59. The molecule has 8 heteroatoms. The third-order valence-corrected chi connectivity index (χ3v) is 4.31. The molecule has 0 atom stereocenters. The summed E-state index contributed by atoms with van der Waals surface area (Å²) in [5.41, 5.74) is 2.01. The molecule has 2 rings (SSSR count). The molecule has 1 aliphatic heterocycles. The molecule has 0 unspecified atom stereocenters. The van der Waals surface area contributed by atoms with E-state index in [-0.39, 0.29) is 12.4 Å². The molecule has 0 bridgehead atoms. The van der Waals surface area contributed by atoms with Crippen molar-refractivity contribution >= 4 is 44.8 Å². The van der Waals surface area contributed by atoms with E-state index in [1.807, 2.05) is 0 Å². The van der Waals surface area contributed by atoms with E-state index in [9.17, 15) is 13.2 Å². The Labute approximate surface area is 128 Å². The normalized spacial score (nSPS) is 14.1. The Balaban J connectivity index is 2.15. The van der Waals surface area contributed by atoms with E-state index < -0.39 is 10.0 Å². The lowest BCUT2D eigenvalue weighted by molar-refractivity contribution is -0.141. The molecule has 1 heterocycles. The summed E-state index contributed by atoms with van der Waals surface area (Å²) in [7, 11) is -3.29. The first kappa shape index (κ1) is 15.8. The average Bonchev–Trinajstić information content (AvgIpc) is 2.37. The molecule has 1 N–H and O–H groups in total. The van der Waals surface area contributed by atoms with Crippen molar-refractivity contribution in [3.8, 4) is 0 Å². The Hall–Kier alpha value is -1.54.